The lowest BCUT2D eigenvalue weighted by Gasteiger charge is -2.22. The highest BCUT2D eigenvalue weighted by atomic mass is 16.5. The van der Waals surface area contributed by atoms with Gasteiger partial charge in [0.1, 0.15) is 0 Å². The molecule has 2 rings (SSSR count). The minimum atomic E-state index is -0.0378. The molecule has 4 heteroatoms. The summed E-state index contributed by atoms with van der Waals surface area (Å²) in [6.07, 6.45) is 4.69. The number of hydrogen-bond acceptors (Lipinski definition) is 3. The fourth-order valence-corrected chi connectivity index (χ4v) is 2.55. The molecule has 15 heavy (non-hydrogen) atoms. The maximum absolute atomic E-state index is 11.8. The molecule has 0 aromatic heterocycles. The Hall–Kier alpha value is -0.610. The molecular formula is C11H20N2O2. The Kier molecular flexibility index (Phi) is 3.26. The highest BCUT2D eigenvalue weighted by molar-refractivity contribution is 5.79. The van der Waals surface area contributed by atoms with Crippen molar-refractivity contribution < 1.29 is 9.53 Å². The molecule has 1 amide bonds. The summed E-state index contributed by atoms with van der Waals surface area (Å²) in [5.41, 5.74) is 5.54. The van der Waals surface area contributed by atoms with Crippen LogP contribution < -0.4 is 11.1 Å². The largest absolute Gasteiger partial charge is 0.373 e. The van der Waals surface area contributed by atoms with Gasteiger partial charge in [-0.05, 0) is 25.7 Å². The summed E-state index contributed by atoms with van der Waals surface area (Å²) in [5, 5.41) is 3.07. The first-order chi connectivity index (χ1) is 7.24. The molecule has 0 aliphatic carbocycles. The van der Waals surface area contributed by atoms with Gasteiger partial charge in [0, 0.05) is 12.5 Å². The molecule has 2 bridgehead atoms. The fourth-order valence-electron chi connectivity index (χ4n) is 2.55. The van der Waals surface area contributed by atoms with Crippen LogP contribution in [0, 0.1) is 5.92 Å². The quantitative estimate of drug-likeness (QED) is 0.709. The predicted octanol–water partition coefficient (Wildman–Crippen LogP) is 0.407. The molecule has 4 unspecified atom stereocenters. The van der Waals surface area contributed by atoms with Gasteiger partial charge in [0.2, 0.25) is 5.91 Å². The van der Waals surface area contributed by atoms with E-state index < -0.39 is 0 Å². The van der Waals surface area contributed by atoms with E-state index in [4.69, 9.17) is 10.5 Å². The fraction of sp³-hybridized carbons (Fsp3) is 0.909. The van der Waals surface area contributed by atoms with Crippen molar-refractivity contribution in [1.29, 1.82) is 0 Å². The second-order valence-corrected chi connectivity index (χ2v) is 4.57. The molecule has 4 atom stereocenters. The molecule has 0 aromatic carbocycles. The number of amides is 1. The number of hydrogen-bond donors (Lipinski definition) is 2. The van der Waals surface area contributed by atoms with E-state index in [1.807, 2.05) is 6.92 Å². The van der Waals surface area contributed by atoms with Crippen molar-refractivity contribution in [3.05, 3.63) is 0 Å². The van der Waals surface area contributed by atoms with Crippen molar-refractivity contribution in [3.8, 4) is 0 Å². The highest BCUT2D eigenvalue weighted by Gasteiger charge is 2.41. The van der Waals surface area contributed by atoms with Crippen LogP contribution in [0.2, 0.25) is 0 Å². The van der Waals surface area contributed by atoms with E-state index in [9.17, 15) is 4.79 Å². The lowest BCUT2D eigenvalue weighted by atomic mass is 9.94. The molecule has 86 valence electrons. The van der Waals surface area contributed by atoms with Gasteiger partial charge < -0.3 is 15.8 Å². The summed E-state index contributed by atoms with van der Waals surface area (Å²) in [7, 11) is 0. The summed E-state index contributed by atoms with van der Waals surface area (Å²) >= 11 is 0. The lowest BCUT2D eigenvalue weighted by molar-refractivity contribution is -0.125. The van der Waals surface area contributed by atoms with E-state index in [2.05, 4.69) is 5.32 Å². The molecule has 2 aliphatic heterocycles. The predicted molar refractivity (Wildman–Crippen MR) is 57.3 cm³/mol. The Balaban J connectivity index is 1.84. The molecule has 0 spiro atoms. The summed E-state index contributed by atoms with van der Waals surface area (Å²) in [6.45, 7) is 2.43. The van der Waals surface area contributed by atoms with Crippen LogP contribution in [0.4, 0.5) is 0 Å². The van der Waals surface area contributed by atoms with Crippen LogP contribution in [0.25, 0.3) is 0 Å². The van der Waals surface area contributed by atoms with Crippen LogP contribution in [0.3, 0.4) is 0 Å². The average molecular weight is 212 g/mol. The molecule has 0 aromatic rings. The van der Waals surface area contributed by atoms with Gasteiger partial charge in [-0.2, -0.15) is 0 Å². The molecule has 2 fully saturated rings. The second-order valence-electron chi connectivity index (χ2n) is 4.57. The average Bonchev–Trinajstić information content (AvgIpc) is 2.81. The monoisotopic (exact) mass is 212 g/mol. The Bertz CT molecular complexity index is 241. The van der Waals surface area contributed by atoms with Crippen molar-refractivity contribution >= 4 is 5.91 Å². The van der Waals surface area contributed by atoms with Gasteiger partial charge >= 0.3 is 0 Å². The number of fused-ring (bicyclic) bond motifs is 2. The zero-order chi connectivity index (χ0) is 10.8. The molecule has 3 N–H and O–H groups in total. The summed E-state index contributed by atoms with van der Waals surface area (Å²) < 4.78 is 5.69. The Morgan fingerprint density at radius 2 is 2.40 bits per heavy atom. The number of carbonyl (C=O) groups is 1. The maximum Gasteiger partial charge on any atom is 0.224 e. The van der Waals surface area contributed by atoms with Crippen LogP contribution in [0.5, 0.6) is 0 Å². The number of nitrogens with one attached hydrogen (secondary N) is 1. The summed E-state index contributed by atoms with van der Waals surface area (Å²) in [4.78, 5) is 11.8. The Morgan fingerprint density at radius 3 is 2.87 bits per heavy atom. The SMILES string of the molecule is CCC(CN)C(=O)NC1CC2CCC1O2. The third-order valence-electron chi connectivity index (χ3n) is 3.58. The van der Waals surface area contributed by atoms with E-state index in [0.29, 0.717) is 12.6 Å². The molecule has 2 saturated heterocycles. The van der Waals surface area contributed by atoms with E-state index in [-0.39, 0.29) is 24.0 Å². The first kappa shape index (κ1) is 10.9. The van der Waals surface area contributed by atoms with Gasteiger partial charge in [-0.3, -0.25) is 4.79 Å². The van der Waals surface area contributed by atoms with Crippen molar-refractivity contribution in [1.82, 2.24) is 5.32 Å². The zero-order valence-corrected chi connectivity index (χ0v) is 9.24. The van der Waals surface area contributed by atoms with E-state index in [1.54, 1.807) is 0 Å². The topological polar surface area (TPSA) is 64.4 Å². The van der Waals surface area contributed by atoms with Crippen molar-refractivity contribution in [3.63, 3.8) is 0 Å². The number of nitrogens with two attached hydrogens (primary N) is 1. The highest BCUT2D eigenvalue weighted by Crippen LogP contribution is 2.34. The molecule has 2 aliphatic rings. The Morgan fingerprint density at radius 1 is 1.60 bits per heavy atom. The van der Waals surface area contributed by atoms with Gasteiger partial charge in [0.25, 0.3) is 0 Å². The maximum atomic E-state index is 11.8. The number of carbonyl (C=O) groups excluding carboxylic acids is 1. The molecule has 0 saturated carbocycles. The van der Waals surface area contributed by atoms with Crippen LogP contribution in [-0.2, 0) is 9.53 Å². The molecular weight excluding hydrogens is 192 g/mol. The van der Waals surface area contributed by atoms with E-state index in [0.717, 1.165) is 25.7 Å². The third-order valence-corrected chi connectivity index (χ3v) is 3.58. The Labute approximate surface area is 90.5 Å². The molecule has 0 radical (unpaired) electrons. The van der Waals surface area contributed by atoms with E-state index in [1.165, 1.54) is 0 Å². The lowest BCUT2D eigenvalue weighted by Crippen LogP contribution is -2.45. The standard InChI is InChI=1S/C11H20N2O2/c1-2-7(6-12)11(14)13-9-5-8-3-4-10(9)15-8/h7-10H,2-6,12H2,1H3,(H,13,14). The third kappa shape index (κ3) is 2.16. The second kappa shape index (κ2) is 4.49. The minimum absolute atomic E-state index is 0.0378. The smallest absolute Gasteiger partial charge is 0.224 e. The molecule has 2 heterocycles. The first-order valence-corrected chi connectivity index (χ1v) is 5.90. The van der Waals surface area contributed by atoms with E-state index >= 15 is 0 Å². The summed E-state index contributed by atoms with van der Waals surface area (Å²) in [6, 6.07) is 0.233. The minimum Gasteiger partial charge on any atom is -0.373 e. The van der Waals surface area contributed by atoms with Crippen LogP contribution in [0.15, 0.2) is 0 Å². The van der Waals surface area contributed by atoms with Gasteiger partial charge in [-0.25, -0.2) is 0 Å². The summed E-state index contributed by atoms with van der Waals surface area (Å²) in [5.74, 6) is 0.0604. The van der Waals surface area contributed by atoms with Gasteiger partial charge in [0.15, 0.2) is 0 Å². The van der Waals surface area contributed by atoms with Crippen molar-refractivity contribution in [2.45, 2.75) is 50.9 Å². The van der Waals surface area contributed by atoms with Crippen LogP contribution >= 0.6 is 0 Å². The van der Waals surface area contributed by atoms with Crippen molar-refractivity contribution in [2.24, 2.45) is 11.7 Å². The van der Waals surface area contributed by atoms with Gasteiger partial charge in [-0.15, -0.1) is 0 Å². The molecule has 4 nitrogen and oxygen atoms in total. The van der Waals surface area contributed by atoms with Crippen LogP contribution in [-0.4, -0.2) is 30.7 Å². The van der Waals surface area contributed by atoms with Crippen molar-refractivity contribution in [2.75, 3.05) is 6.54 Å². The zero-order valence-electron chi connectivity index (χ0n) is 9.24. The number of rotatable bonds is 4. The van der Waals surface area contributed by atoms with Gasteiger partial charge in [-0.1, -0.05) is 6.92 Å². The number of ether oxygens (including phenoxy) is 1. The first-order valence-electron chi connectivity index (χ1n) is 5.90. The normalized spacial score (nSPS) is 35.5. The van der Waals surface area contributed by atoms with Crippen LogP contribution in [0.1, 0.15) is 32.6 Å². The van der Waals surface area contributed by atoms with Gasteiger partial charge in [0.05, 0.1) is 18.2 Å².